The van der Waals surface area contributed by atoms with Crippen LogP contribution in [0.15, 0.2) is 66.9 Å². The Morgan fingerprint density at radius 3 is 2.33 bits per heavy atom. The van der Waals surface area contributed by atoms with Crippen molar-refractivity contribution in [3.8, 4) is 11.6 Å². The first-order valence-corrected chi connectivity index (χ1v) is 10.9. The van der Waals surface area contributed by atoms with E-state index in [-0.39, 0.29) is 29.2 Å². The molecule has 0 spiro atoms. The molecule has 4 aromatic rings. The van der Waals surface area contributed by atoms with Crippen LogP contribution >= 0.6 is 11.6 Å². The molecule has 0 aliphatic carbocycles. The lowest BCUT2D eigenvalue weighted by Gasteiger charge is -2.17. The van der Waals surface area contributed by atoms with Crippen LogP contribution in [0.25, 0.3) is 10.9 Å². The molecule has 182 valence electrons. The molecular formula is C25H18ClN3O7. The van der Waals surface area contributed by atoms with E-state index >= 15 is 0 Å². The van der Waals surface area contributed by atoms with Gasteiger partial charge in [-0.1, -0.05) is 23.7 Å². The van der Waals surface area contributed by atoms with Crippen LogP contribution in [-0.4, -0.2) is 49.2 Å². The lowest BCUT2D eigenvalue weighted by atomic mass is 10.0. The van der Waals surface area contributed by atoms with Crippen molar-refractivity contribution in [1.29, 1.82) is 0 Å². The predicted molar refractivity (Wildman–Crippen MR) is 130 cm³/mol. The van der Waals surface area contributed by atoms with Crippen molar-refractivity contribution >= 4 is 46.2 Å². The minimum Gasteiger partial charge on any atom is -0.480 e. The zero-order valence-electron chi connectivity index (χ0n) is 18.4. The van der Waals surface area contributed by atoms with Gasteiger partial charge < -0.3 is 25.4 Å². The van der Waals surface area contributed by atoms with Crippen LogP contribution in [0, 0.1) is 0 Å². The Kier molecular flexibility index (Phi) is 6.98. The van der Waals surface area contributed by atoms with Gasteiger partial charge in [-0.25, -0.2) is 24.4 Å². The molecule has 2 aromatic carbocycles. The van der Waals surface area contributed by atoms with E-state index < -0.39 is 23.9 Å². The van der Waals surface area contributed by atoms with Gasteiger partial charge in [0.2, 0.25) is 5.88 Å². The van der Waals surface area contributed by atoms with Crippen LogP contribution in [0.5, 0.6) is 11.6 Å². The number of carbonyl (C=O) groups is 3. The Hall–Kier alpha value is -4.70. The summed E-state index contributed by atoms with van der Waals surface area (Å²) >= 11 is 5.98. The molecule has 0 bridgehead atoms. The molecule has 11 heteroatoms. The topological polar surface area (TPSA) is 159 Å². The summed E-state index contributed by atoms with van der Waals surface area (Å²) in [6, 6.07) is 14.1. The van der Waals surface area contributed by atoms with Crippen LogP contribution in [-0.2, 0) is 11.2 Å². The highest BCUT2D eigenvalue weighted by atomic mass is 35.5. The second-order valence-corrected chi connectivity index (χ2v) is 8.11. The van der Waals surface area contributed by atoms with Gasteiger partial charge in [0.1, 0.15) is 28.7 Å². The third-order valence-electron chi connectivity index (χ3n) is 5.20. The first kappa shape index (κ1) is 24.4. The molecule has 0 saturated carbocycles. The summed E-state index contributed by atoms with van der Waals surface area (Å²) in [5.41, 5.74) is 0.763. The van der Waals surface area contributed by atoms with Gasteiger partial charge in [-0.2, -0.15) is 0 Å². The number of carboxylic acid groups (broad SMARTS) is 3. The molecular weight excluding hydrogens is 490 g/mol. The van der Waals surface area contributed by atoms with Crippen molar-refractivity contribution in [1.82, 2.24) is 9.97 Å². The second kappa shape index (κ2) is 10.3. The molecule has 0 aliphatic rings. The monoisotopic (exact) mass is 507 g/mol. The molecule has 1 atom stereocenters. The number of benzene rings is 2. The summed E-state index contributed by atoms with van der Waals surface area (Å²) in [5, 5.41) is 32.3. The number of hydrogen-bond donors (Lipinski definition) is 4. The molecule has 4 N–H and O–H groups in total. The highest BCUT2D eigenvalue weighted by Gasteiger charge is 2.23. The number of nitrogens with one attached hydrogen (secondary N) is 1. The highest BCUT2D eigenvalue weighted by molar-refractivity contribution is 6.31. The van der Waals surface area contributed by atoms with Crippen molar-refractivity contribution in [3.63, 3.8) is 0 Å². The molecule has 0 saturated heterocycles. The van der Waals surface area contributed by atoms with Crippen molar-refractivity contribution in [2.45, 2.75) is 12.5 Å². The van der Waals surface area contributed by atoms with Gasteiger partial charge in [-0.15, -0.1) is 0 Å². The Morgan fingerprint density at radius 1 is 0.944 bits per heavy atom. The molecule has 2 heterocycles. The van der Waals surface area contributed by atoms with E-state index in [4.69, 9.17) is 16.3 Å². The van der Waals surface area contributed by atoms with Gasteiger partial charge in [0.05, 0.1) is 5.52 Å². The number of aliphatic carboxylic acids is 1. The molecule has 36 heavy (non-hydrogen) atoms. The molecule has 4 rings (SSSR count). The normalized spacial score (nSPS) is 11.6. The van der Waals surface area contributed by atoms with Gasteiger partial charge >= 0.3 is 17.9 Å². The zero-order chi connectivity index (χ0) is 25.8. The largest absolute Gasteiger partial charge is 0.480 e. The van der Waals surface area contributed by atoms with Gasteiger partial charge in [-0.3, -0.25) is 0 Å². The number of rotatable bonds is 9. The van der Waals surface area contributed by atoms with Crippen LogP contribution in [0.4, 0.5) is 5.82 Å². The minimum absolute atomic E-state index is 0.00102. The Morgan fingerprint density at radius 2 is 1.67 bits per heavy atom. The van der Waals surface area contributed by atoms with E-state index in [0.29, 0.717) is 27.2 Å². The summed E-state index contributed by atoms with van der Waals surface area (Å²) in [7, 11) is 0. The molecule has 0 radical (unpaired) electrons. The van der Waals surface area contributed by atoms with Crippen LogP contribution in [0.2, 0.25) is 5.02 Å². The maximum absolute atomic E-state index is 12.0. The Bertz CT molecular complexity index is 1470. The number of ether oxygens (including phenoxy) is 1. The van der Waals surface area contributed by atoms with E-state index in [0.717, 1.165) is 0 Å². The summed E-state index contributed by atoms with van der Waals surface area (Å²) in [5.74, 6) is -3.51. The Balaban J connectivity index is 1.55. The van der Waals surface area contributed by atoms with Crippen LogP contribution < -0.4 is 10.1 Å². The number of aromatic carboxylic acids is 2. The van der Waals surface area contributed by atoms with E-state index in [1.807, 2.05) is 0 Å². The standard InChI is InChI=1S/C25H18ClN3O7/c26-15-5-8-19-14(11-15)12-18(24(32)33)21(28-19)29-20(25(34)35)10-13-3-6-16(7-4-13)36-22-17(23(30)31)2-1-9-27-22/h1-9,11-12,20H,10H2,(H,28,29)(H,30,31)(H,32,33)(H,34,35)/t20-/m0/s1. The fourth-order valence-corrected chi connectivity index (χ4v) is 3.64. The molecule has 10 nitrogen and oxygen atoms in total. The number of aromatic nitrogens is 2. The molecule has 0 fully saturated rings. The van der Waals surface area contributed by atoms with E-state index in [1.54, 1.807) is 42.5 Å². The predicted octanol–water partition coefficient (Wildman–Crippen LogP) is 4.58. The second-order valence-electron chi connectivity index (χ2n) is 7.67. The summed E-state index contributed by atoms with van der Waals surface area (Å²) < 4.78 is 5.56. The highest BCUT2D eigenvalue weighted by Crippen LogP contribution is 2.26. The van der Waals surface area contributed by atoms with Crippen molar-refractivity contribution < 1.29 is 34.4 Å². The number of pyridine rings is 2. The van der Waals surface area contributed by atoms with Gasteiger partial charge in [-0.05, 0) is 54.1 Å². The van der Waals surface area contributed by atoms with Gasteiger partial charge in [0.15, 0.2) is 0 Å². The lowest BCUT2D eigenvalue weighted by molar-refractivity contribution is -0.137. The van der Waals surface area contributed by atoms with E-state index in [2.05, 4.69) is 15.3 Å². The van der Waals surface area contributed by atoms with Crippen molar-refractivity contribution in [2.24, 2.45) is 0 Å². The van der Waals surface area contributed by atoms with Gasteiger partial charge in [0.25, 0.3) is 0 Å². The summed E-state index contributed by atoms with van der Waals surface area (Å²) in [4.78, 5) is 43.3. The number of halogens is 1. The maximum atomic E-state index is 12.0. The average molecular weight is 508 g/mol. The first-order valence-electron chi connectivity index (χ1n) is 10.5. The van der Waals surface area contributed by atoms with Crippen LogP contribution in [0.3, 0.4) is 0 Å². The zero-order valence-corrected chi connectivity index (χ0v) is 19.1. The minimum atomic E-state index is -1.27. The lowest BCUT2D eigenvalue weighted by Crippen LogP contribution is -2.32. The Labute approximate surface area is 208 Å². The molecule has 0 amide bonds. The van der Waals surface area contributed by atoms with Crippen molar-refractivity contribution in [2.75, 3.05) is 5.32 Å². The van der Waals surface area contributed by atoms with Crippen molar-refractivity contribution in [3.05, 3.63) is 88.6 Å². The smallest absolute Gasteiger partial charge is 0.341 e. The summed E-state index contributed by atoms with van der Waals surface area (Å²) in [6.45, 7) is 0. The van der Waals surface area contributed by atoms with Crippen LogP contribution in [0.1, 0.15) is 26.3 Å². The maximum Gasteiger partial charge on any atom is 0.341 e. The number of fused-ring (bicyclic) bond motifs is 1. The molecule has 0 unspecified atom stereocenters. The SMILES string of the molecule is O=C(O)c1cc2cc(Cl)ccc2nc1N[C@@H](Cc1ccc(Oc2ncccc2C(=O)O)cc1)C(=O)O. The number of carboxylic acids is 3. The quantitative estimate of drug-likeness (QED) is 0.252. The van der Waals surface area contributed by atoms with Gasteiger partial charge in [0, 0.05) is 23.0 Å². The average Bonchev–Trinajstić information content (AvgIpc) is 2.84. The number of hydrogen-bond acceptors (Lipinski definition) is 7. The molecule has 2 aromatic heterocycles. The fourth-order valence-electron chi connectivity index (χ4n) is 3.46. The first-order chi connectivity index (χ1) is 17.2. The van der Waals surface area contributed by atoms with E-state index in [9.17, 15) is 29.7 Å². The van der Waals surface area contributed by atoms with E-state index in [1.165, 1.54) is 24.4 Å². The summed E-state index contributed by atoms with van der Waals surface area (Å²) in [6.07, 6.45) is 1.40. The third-order valence-corrected chi connectivity index (χ3v) is 5.43. The number of anilines is 1. The number of nitrogens with zero attached hydrogens (tertiary/aromatic N) is 2. The fraction of sp³-hybridized carbons (Fsp3) is 0.0800. The molecule has 0 aliphatic heterocycles. The third kappa shape index (κ3) is 5.50.